The van der Waals surface area contributed by atoms with Gasteiger partial charge in [0.2, 0.25) is 0 Å². The zero-order chi connectivity index (χ0) is 10.1. The number of Topliss-reactive ketones (excluding diaryl/α,β-unsaturated/α-hetero) is 1. The summed E-state index contributed by atoms with van der Waals surface area (Å²) in [5, 5.41) is 0. The van der Waals surface area contributed by atoms with Crippen LogP contribution < -0.4 is 0 Å². The van der Waals surface area contributed by atoms with Crippen LogP contribution in [0.1, 0.15) is 33.2 Å². The normalized spacial score (nSPS) is 14.5. The Labute approximate surface area is 81.7 Å². The SMILES string of the molecule is CC(=O)c1ccc2c(c1)C(=O)OCC2. The quantitative estimate of drug-likeness (QED) is 0.499. The largest absolute Gasteiger partial charge is 0.462 e. The van der Waals surface area contributed by atoms with Gasteiger partial charge >= 0.3 is 5.97 Å². The number of cyclic esters (lactones) is 1. The summed E-state index contributed by atoms with van der Waals surface area (Å²) in [6, 6.07) is 5.19. The molecule has 0 amide bonds. The lowest BCUT2D eigenvalue weighted by molar-refractivity contribution is 0.0480. The molecule has 0 spiro atoms. The molecule has 1 aromatic carbocycles. The van der Waals surface area contributed by atoms with Crippen LogP contribution in [0.5, 0.6) is 0 Å². The fourth-order valence-corrected chi connectivity index (χ4v) is 1.53. The van der Waals surface area contributed by atoms with Crippen molar-refractivity contribution < 1.29 is 14.3 Å². The highest BCUT2D eigenvalue weighted by Gasteiger charge is 2.19. The van der Waals surface area contributed by atoms with Crippen LogP contribution in [0.4, 0.5) is 0 Å². The lowest BCUT2D eigenvalue weighted by atomic mass is 9.99. The fourth-order valence-electron chi connectivity index (χ4n) is 1.53. The highest BCUT2D eigenvalue weighted by molar-refractivity contribution is 5.99. The maximum Gasteiger partial charge on any atom is 0.338 e. The van der Waals surface area contributed by atoms with Crippen LogP contribution in [0.2, 0.25) is 0 Å². The third-order valence-corrected chi connectivity index (χ3v) is 2.34. The standard InChI is InChI=1S/C11H10O3/c1-7(12)9-3-2-8-4-5-14-11(13)10(8)6-9/h2-3,6H,4-5H2,1H3. The van der Waals surface area contributed by atoms with E-state index in [9.17, 15) is 9.59 Å². The minimum atomic E-state index is -0.325. The van der Waals surface area contributed by atoms with E-state index in [-0.39, 0.29) is 11.8 Å². The number of benzene rings is 1. The molecule has 1 aromatic rings. The summed E-state index contributed by atoms with van der Waals surface area (Å²) in [6.07, 6.45) is 0.735. The number of carbonyl (C=O) groups is 2. The molecular weight excluding hydrogens is 180 g/mol. The van der Waals surface area contributed by atoms with Gasteiger partial charge in [0.25, 0.3) is 0 Å². The molecule has 0 atom stereocenters. The summed E-state index contributed by atoms with van der Waals surface area (Å²) in [7, 11) is 0. The lowest BCUT2D eigenvalue weighted by Gasteiger charge is -2.15. The predicted octanol–water partition coefficient (Wildman–Crippen LogP) is 1.60. The summed E-state index contributed by atoms with van der Waals surface area (Å²) in [5.74, 6) is -0.361. The lowest BCUT2D eigenvalue weighted by Crippen LogP contribution is -2.18. The molecule has 3 heteroatoms. The number of esters is 1. The van der Waals surface area contributed by atoms with Crippen LogP contribution in [0.15, 0.2) is 18.2 Å². The molecule has 0 fully saturated rings. The first-order valence-corrected chi connectivity index (χ1v) is 4.49. The van der Waals surface area contributed by atoms with E-state index in [0.717, 1.165) is 12.0 Å². The van der Waals surface area contributed by atoms with E-state index in [1.54, 1.807) is 12.1 Å². The van der Waals surface area contributed by atoms with Gasteiger partial charge in [0, 0.05) is 12.0 Å². The van der Waals surface area contributed by atoms with Gasteiger partial charge in [0.05, 0.1) is 12.2 Å². The van der Waals surface area contributed by atoms with Gasteiger partial charge in [0.1, 0.15) is 0 Å². The number of rotatable bonds is 1. The minimum Gasteiger partial charge on any atom is -0.462 e. The molecule has 0 radical (unpaired) electrons. The molecule has 0 saturated carbocycles. The van der Waals surface area contributed by atoms with E-state index in [4.69, 9.17) is 4.74 Å². The topological polar surface area (TPSA) is 43.4 Å². The molecule has 0 aromatic heterocycles. The molecule has 0 N–H and O–H groups in total. The van der Waals surface area contributed by atoms with Crippen molar-refractivity contribution in [3.8, 4) is 0 Å². The second-order valence-electron chi connectivity index (χ2n) is 3.31. The second-order valence-corrected chi connectivity index (χ2v) is 3.31. The van der Waals surface area contributed by atoms with E-state index in [2.05, 4.69) is 0 Å². The van der Waals surface area contributed by atoms with Crippen molar-refractivity contribution >= 4 is 11.8 Å². The molecule has 72 valence electrons. The molecule has 0 aliphatic carbocycles. The smallest absolute Gasteiger partial charge is 0.338 e. The van der Waals surface area contributed by atoms with E-state index in [0.29, 0.717) is 17.7 Å². The number of hydrogen-bond donors (Lipinski definition) is 0. The van der Waals surface area contributed by atoms with Crippen molar-refractivity contribution in [3.63, 3.8) is 0 Å². The summed E-state index contributed by atoms with van der Waals surface area (Å²) >= 11 is 0. The average molecular weight is 190 g/mol. The zero-order valence-electron chi connectivity index (χ0n) is 7.87. The Hall–Kier alpha value is -1.64. The van der Waals surface area contributed by atoms with Crippen molar-refractivity contribution in [3.05, 3.63) is 34.9 Å². The van der Waals surface area contributed by atoms with E-state index in [1.807, 2.05) is 6.07 Å². The monoisotopic (exact) mass is 190 g/mol. The fraction of sp³-hybridized carbons (Fsp3) is 0.273. The van der Waals surface area contributed by atoms with Crippen LogP contribution >= 0.6 is 0 Å². The zero-order valence-corrected chi connectivity index (χ0v) is 7.87. The van der Waals surface area contributed by atoms with Gasteiger partial charge < -0.3 is 4.74 Å². The summed E-state index contributed by atoms with van der Waals surface area (Å²) < 4.78 is 4.89. The number of hydrogen-bond acceptors (Lipinski definition) is 3. The molecule has 1 aliphatic rings. The average Bonchev–Trinajstić information content (AvgIpc) is 2.18. The molecule has 14 heavy (non-hydrogen) atoms. The van der Waals surface area contributed by atoms with Crippen LogP contribution in [0.3, 0.4) is 0 Å². The van der Waals surface area contributed by atoms with Crippen molar-refractivity contribution in [1.82, 2.24) is 0 Å². The molecule has 1 aliphatic heterocycles. The van der Waals surface area contributed by atoms with E-state index < -0.39 is 0 Å². The Bertz CT molecular complexity index is 407. The summed E-state index contributed by atoms with van der Waals surface area (Å²) in [4.78, 5) is 22.4. The van der Waals surface area contributed by atoms with Gasteiger partial charge in [-0.05, 0) is 18.6 Å². The summed E-state index contributed by atoms with van der Waals surface area (Å²) in [6.45, 7) is 1.92. The molecule has 0 saturated heterocycles. The number of ketones is 1. The molecule has 3 nitrogen and oxygen atoms in total. The molecule has 0 bridgehead atoms. The molecule has 2 rings (SSSR count). The Balaban J connectivity index is 2.51. The van der Waals surface area contributed by atoms with Crippen molar-refractivity contribution in [2.75, 3.05) is 6.61 Å². The molecule has 1 heterocycles. The second kappa shape index (κ2) is 3.25. The van der Waals surface area contributed by atoms with Gasteiger partial charge in [-0.1, -0.05) is 12.1 Å². The Morgan fingerprint density at radius 3 is 2.93 bits per heavy atom. The van der Waals surface area contributed by atoms with Crippen molar-refractivity contribution in [2.24, 2.45) is 0 Å². The Morgan fingerprint density at radius 1 is 1.43 bits per heavy atom. The third-order valence-electron chi connectivity index (χ3n) is 2.34. The predicted molar refractivity (Wildman–Crippen MR) is 50.4 cm³/mol. The summed E-state index contributed by atoms with van der Waals surface area (Å²) in [5.41, 5.74) is 2.05. The van der Waals surface area contributed by atoms with E-state index >= 15 is 0 Å². The minimum absolute atomic E-state index is 0.0360. The van der Waals surface area contributed by atoms with Crippen molar-refractivity contribution in [2.45, 2.75) is 13.3 Å². The highest BCUT2D eigenvalue weighted by Crippen LogP contribution is 2.18. The van der Waals surface area contributed by atoms with Gasteiger partial charge in [-0.15, -0.1) is 0 Å². The van der Waals surface area contributed by atoms with E-state index in [1.165, 1.54) is 6.92 Å². The first-order chi connectivity index (χ1) is 6.68. The first-order valence-electron chi connectivity index (χ1n) is 4.49. The van der Waals surface area contributed by atoms with Crippen LogP contribution in [0.25, 0.3) is 0 Å². The van der Waals surface area contributed by atoms with Gasteiger partial charge in [-0.25, -0.2) is 4.79 Å². The van der Waals surface area contributed by atoms with Crippen LogP contribution in [-0.2, 0) is 11.2 Å². The number of ether oxygens (including phenoxy) is 1. The maximum atomic E-state index is 11.3. The van der Waals surface area contributed by atoms with Gasteiger partial charge in [-0.3, -0.25) is 4.79 Å². The van der Waals surface area contributed by atoms with Gasteiger partial charge in [0.15, 0.2) is 5.78 Å². The number of carbonyl (C=O) groups excluding carboxylic acids is 2. The highest BCUT2D eigenvalue weighted by atomic mass is 16.5. The Kier molecular flexibility index (Phi) is 2.08. The molecular formula is C11H10O3. The maximum absolute atomic E-state index is 11.3. The Morgan fingerprint density at radius 2 is 2.21 bits per heavy atom. The van der Waals surface area contributed by atoms with Crippen LogP contribution in [-0.4, -0.2) is 18.4 Å². The first kappa shape index (κ1) is 8.94. The molecule has 0 unspecified atom stereocenters. The number of fused-ring (bicyclic) bond motifs is 1. The van der Waals surface area contributed by atoms with Crippen molar-refractivity contribution in [1.29, 1.82) is 0 Å². The van der Waals surface area contributed by atoms with Gasteiger partial charge in [-0.2, -0.15) is 0 Å². The third kappa shape index (κ3) is 1.41. The van der Waals surface area contributed by atoms with Crippen LogP contribution in [0, 0.1) is 0 Å².